The monoisotopic (exact) mass is 288 g/mol. The molecule has 0 fully saturated rings. The summed E-state index contributed by atoms with van der Waals surface area (Å²) in [5.41, 5.74) is 6.05. The predicted octanol–water partition coefficient (Wildman–Crippen LogP) is 4.54. The summed E-state index contributed by atoms with van der Waals surface area (Å²) >= 11 is 0. The van der Waals surface area contributed by atoms with Crippen LogP contribution in [0.3, 0.4) is 0 Å². The second kappa shape index (κ2) is 5.01. The van der Waals surface area contributed by atoms with E-state index in [2.05, 4.69) is 0 Å². The molecule has 1 N–H and O–H groups in total. The molecule has 0 saturated carbocycles. The first-order chi connectivity index (χ1) is 9.27. The molecule has 0 spiro atoms. The minimum absolute atomic E-state index is 0.0589. The number of hydrogen-bond acceptors (Lipinski definition) is 0. The maximum Gasteiger partial charge on any atom is 0.258 e. The van der Waals surface area contributed by atoms with E-state index in [1.165, 1.54) is 19.1 Å². The number of alkyl halides is 2. The van der Waals surface area contributed by atoms with E-state index in [0.29, 0.717) is 0 Å². The van der Waals surface area contributed by atoms with Gasteiger partial charge in [0.1, 0.15) is 0 Å². The van der Waals surface area contributed by atoms with Crippen LogP contribution in [0.2, 0.25) is 0 Å². The minimum atomic E-state index is -2.84. The molecule has 1 aromatic carbocycles. The average molecular weight is 288 g/mol. The highest BCUT2D eigenvalue weighted by molar-refractivity contribution is 5.45. The first-order valence-electron chi connectivity index (χ1n) is 5.81. The van der Waals surface area contributed by atoms with Crippen LogP contribution in [0.4, 0.5) is 22.0 Å². The van der Waals surface area contributed by atoms with Crippen LogP contribution in [0, 0.1) is 17.5 Å². The summed E-state index contributed by atoms with van der Waals surface area (Å²) in [6.45, 7) is 1.41. The zero-order chi connectivity index (χ0) is 15.1. The van der Waals surface area contributed by atoms with E-state index in [1.807, 2.05) is 0 Å². The van der Waals surface area contributed by atoms with Crippen LogP contribution in [0.15, 0.2) is 35.9 Å². The molecule has 0 radical (unpaired) electrons. The fraction of sp³-hybridized carbons (Fsp3) is 0.286. The van der Waals surface area contributed by atoms with Crippen molar-refractivity contribution in [1.82, 2.24) is 0 Å². The van der Waals surface area contributed by atoms with Gasteiger partial charge in [-0.15, -0.1) is 0 Å². The van der Waals surface area contributed by atoms with E-state index in [0.717, 1.165) is 18.2 Å². The Kier molecular flexibility index (Phi) is 3.69. The standard InChI is InChI=1S/C14H11F5N/c1-14(4-2-3-8(12(14)20)13(18)19)7-5-9(15)11(17)10(16)6-7/h2-6,12-13,20H,1H3/q-1. The van der Waals surface area contributed by atoms with Crippen molar-refractivity contribution >= 4 is 0 Å². The molecule has 108 valence electrons. The molecular weight excluding hydrogens is 277 g/mol. The minimum Gasteiger partial charge on any atom is -0.670 e. The van der Waals surface area contributed by atoms with Crippen molar-refractivity contribution in [3.05, 3.63) is 64.7 Å². The molecule has 20 heavy (non-hydrogen) atoms. The molecule has 0 bridgehead atoms. The lowest BCUT2D eigenvalue weighted by Crippen LogP contribution is -2.37. The summed E-state index contributed by atoms with van der Waals surface area (Å²) in [5.74, 6) is -4.44. The molecule has 2 unspecified atom stereocenters. The smallest absolute Gasteiger partial charge is 0.258 e. The maximum absolute atomic E-state index is 13.3. The van der Waals surface area contributed by atoms with Gasteiger partial charge in [0.25, 0.3) is 6.43 Å². The number of nitrogens with one attached hydrogen (secondary N) is 1. The highest BCUT2D eigenvalue weighted by atomic mass is 19.3. The Bertz CT molecular complexity index is 570. The molecule has 0 aliphatic heterocycles. The van der Waals surface area contributed by atoms with E-state index < -0.39 is 40.9 Å². The number of halogens is 5. The number of hydrogen-bond donors (Lipinski definition) is 0. The van der Waals surface area contributed by atoms with Gasteiger partial charge in [0, 0.05) is 0 Å². The number of benzene rings is 1. The Hall–Kier alpha value is -1.69. The van der Waals surface area contributed by atoms with Crippen LogP contribution >= 0.6 is 0 Å². The summed E-state index contributed by atoms with van der Waals surface area (Å²) in [6, 6.07) is 0.0639. The van der Waals surface area contributed by atoms with Crippen molar-refractivity contribution < 1.29 is 22.0 Å². The fourth-order valence-corrected chi connectivity index (χ4v) is 2.23. The van der Waals surface area contributed by atoms with Crippen molar-refractivity contribution in [2.24, 2.45) is 0 Å². The van der Waals surface area contributed by atoms with Gasteiger partial charge in [0.15, 0.2) is 17.5 Å². The summed E-state index contributed by atoms with van der Waals surface area (Å²) < 4.78 is 65.2. The Morgan fingerprint density at radius 2 is 1.70 bits per heavy atom. The van der Waals surface area contributed by atoms with Crippen molar-refractivity contribution in [1.29, 1.82) is 0 Å². The molecule has 1 nitrogen and oxygen atoms in total. The van der Waals surface area contributed by atoms with Crippen LogP contribution < -0.4 is 0 Å². The molecule has 1 aliphatic rings. The largest absolute Gasteiger partial charge is 0.670 e. The van der Waals surface area contributed by atoms with Gasteiger partial charge in [-0.1, -0.05) is 31.2 Å². The first kappa shape index (κ1) is 14.7. The maximum atomic E-state index is 13.3. The number of rotatable bonds is 2. The van der Waals surface area contributed by atoms with Gasteiger partial charge in [0.2, 0.25) is 0 Å². The van der Waals surface area contributed by atoms with E-state index in [4.69, 9.17) is 5.73 Å². The SMILES string of the molecule is CC1(c2cc(F)c(F)c(F)c2)C=CC=C(C(F)F)C1[NH-]. The lowest BCUT2D eigenvalue weighted by Gasteiger charge is -2.43. The van der Waals surface area contributed by atoms with Crippen molar-refractivity contribution in [2.45, 2.75) is 24.8 Å². The second-order valence-electron chi connectivity index (χ2n) is 4.80. The zero-order valence-electron chi connectivity index (χ0n) is 10.4. The quantitative estimate of drug-likeness (QED) is 0.563. The lowest BCUT2D eigenvalue weighted by atomic mass is 9.71. The third kappa shape index (κ3) is 2.24. The van der Waals surface area contributed by atoms with Gasteiger partial charge in [-0.3, -0.25) is 0 Å². The highest BCUT2D eigenvalue weighted by Crippen LogP contribution is 2.39. The summed E-state index contributed by atoms with van der Waals surface area (Å²) in [7, 11) is 0. The molecule has 0 aromatic heterocycles. The zero-order valence-corrected chi connectivity index (χ0v) is 10.4. The van der Waals surface area contributed by atoms with E-state index >= 15 is 0 Å². The van der Waals surface area contributed by atoms with Gasteiger partial charge >= 0.3 is 0 Å². The molecule has 1 aromatic rings. The van der Waals surface area contributed by atoms with Gasteiger partial charge < -0.3 is 5.73 Å². The first-order valence-corrected chi connectivity index (χ1v) is 5.81. The van der Waals surface area contributed by atoms with Gasteiger partial charge in [-0.2, -0.15) is 0 Å². The topological polar surface area (TPSA) is 23.8 Å². The third-order valence-corrected chi connectivity index (χ3v) is 3.52. The summed E-state index contributed by atoms with van der Waals surface area (Å²) in [4.78, 5) is 0. The normalized spacial score (nSPS) is 26.0. The Morgan fingerprint density at radius 3 is 2.20 bits per heavy atom. The van der Waals surface area contributed by atoms with Gasteiger partial charge in [-0.25, -0.2) is 22.0 Å². The summed E-state index contributed by atoms with van der Waals surface area (Å²) in [6.07, 6.45) is 0.992. The van der Waals surface area contributed by atoms with Crippen molar-refractivity contribution in [3.8, 4) is 0 Å². The van der Waals surface area contributed by atoms with Crippen LogP contribution in [0.5, 0.6) is 0 Å². The number of allylic oxidation sites excluding steroid dienone is 2. The van der Waals surface area contributed by atoms with Crippen LogP contribution in [0.1, 0.15) is 12.5 Å². The molecule has 6 heteroatoms. The average Bonchev–Trinajstić information content (AvgIpc) is 2.38. The molecular formula is C14H11F5N-. The Morgan fingerprint density at radius 1 is 1.15 bits per heavy atom. The van der Waals surface area contributed by atoms with E-state index in [9.17, 15) is 22.0 Å². The molecule has 0 heterocycles. The fourth-order valence-electron chi connectivity index (χ4n) is 2.23. The molecule has 2 rings (SSSR count). The Labute approximate surface area is 112 Å². The van der Waals surface area contributed by atoms with Gasteiger partial charge in [0.05, 0.1) is 0 Å². The lowest BCUT2D eigenvalue weighted by molar-refractivity contribution is 0.178. The molecule has 1 aliphatic carbocycles. The van der Waals surface area contributed by atoms with E-state index in [1.54, 1.807) is 0 Å². The van der Waals surface area contributed by atoms with Crippen LogP contribution in [-0.4, -0.2) is 12.5 Å². The van der Waals surface area contributed by atoms with Gasteiger partial charge in [-0.05, 0) is 28.7 Å². The van der Waals surface area contributed by atoms with E-state index in [-0.39, 0.29) is 5.56 Å². The van der Waals surface area contributed by atoms with Crippen molar-refractivity contribution in [2.75, 3.05) is 0 Å². The third-order valence-electron chi connectivity index (χ3n) is 3.52. The second-order valence-corrected chi connectivity index (χ2v) is 4.80. The van der Waals surface area contributed by atoms with Crippen LogP contribution in [-0.2, 0) is 5.41 Å². The molecule has 2 atom stereocenters. The summed E-state index contributed by atoms with van der Waals surface area (Å²) in [5, 5.41) is 0. The Balaban J connectivity index is 2.52. The highest BCUT2D eigenvalue weighted by Gasteiger charge is 2.34. The molecule has 0 amide bonds. The van der Waals surface area contributed by atoms with Crippen LogP contribution in [0.25, 0.3) is 5.73 Å². The predicted molar refractivity (Wildman–Crippen MR) is 65.0 cm³/mol. The molecule has 0 saturated heterocycles. The van der Waals surface area contributed by atoms with Crippen molar-refractivity contribution in [3.63, 3.8) is 0 Å².